The highest BCUT2D eigenvalue weighted by Crippen LogP contribution is 2.25. The van der Waals surface area contributed by atoms with E-state index in [4.69, 9.17) is 4.74 Å². The second-order valence-electron chi connectivity index (χ2n) is 9.16. The fourth-order valence-corrected chi connectivity index (χ4v) is 3.57. The van der Waals surface area contributed by atoms with Crippen molar-refractivity contribution in [3.63, 3.8) is 0 Å². The lowest BCUT2D eigenvalue weighted by atomic mass is 9.88. The lowest BCUT2D eigenvalue weighted by molar-refractivity contribution is -0.120. The van der Waals surface area contributed by atoms with E-state index in [9.17, 15) is 9.59 Å². The van der Waals surface area contributed by atoms with Crippen molar-refractivity contribution in [1.82, 2.24) is 16.0 Å². The Hall–Kier alpha value is -2.04. The molecule has 4 N–H and O–H groups in total. The molecule has 2 rings (SSSR count). The summed E-state index contributed by atoms with van der Waals surface area (Å²) in [6.07, 6.45) is 5.83. The van der Waals surface area contributed by atoms with Crippen LogP contribution < -0.4 is 21.3 Å². The molecule has 0 aliphatic heterocycles. The van der Waals surface area contributed by atoms with E-state index < -0.39 is 11.7 Å². The molecule has 1 saturated carbocycles. The predicted octanol–water partition coefficient (Wildman–Crippen LogP) is 4.40. The van der Waals surface area contributed by atoms with Crippen molar-refractivity contribution in [2.24, 2.45) is 10.9 Å². The van der Waals surface area contributed by atoms with Crippen LogP contribution >= 0.6 is 24.0 Å². The number of hydrogen-bond donors (Lipinski definition) is 4. The Bertz CT molecular complexity index is 774. The first-order valence-electron chi connectivity index (χ1n) is 11.6. The molecule has 1 aliphatic carbocycles. The molecular formula is C24H40IN5O3. The lowest BCUT2D eigenvalue weighted by Gasteiger charge is -2.21. The summed E-state index contributed by atoms with van der Waals surface area (Å²) in [6, 6.07) is 7.88. The number of amides is 2. The number of rotatable bonds is 8. The zero-order valence-corrected chi connectivity index (χ0v) is 22.7. The number of carbonyl (C=O) groups is 2. The zero-order chi connectivity index (χ0) is 23.4. The quantitative estimate of drug-likeness (QED) is 0.160. The molecule has 0 aromatic heterocycles. The van der Waals surface area contributed by atoms with Crippen LogP contribution in [0.4, 0.5) is 10.5 Å². The number of nitrogens with zero attached hydrogens (tertiary/aromatic N) is 1. The molecule has 8 nitrogen and oxygen atoms in total. The zero-order valence-electron chi connectivity index (χ0n) is 20.3. The monoisotopic (exact) mass is 573 g/mol. The van der Waals surface area contributed by atoms with Gasteiger partial charge in [-0.15, -0.1) is 24.0 Å². The van der Waals surface area contributed by atoms with Gasteiger partial charge in [-0.25, -0.2) is 4.79 Å². The van der Waals surface area contributed by atoms with Gasteiger partial charge in [-0.3, -0.25) is 9.79 Å². The minimum atomic E-state index is -0.496. The van der Waals surface area contributed by atoms with Gasteiger partial charge in [0.15, 0.2) is 5.96 Å². The normalized spacial score (nSPS) is 14.6. The van der Waals surface area contributed by atoms with Gasteiger partial charge in [-0.05, 0) is 57.7 Å². The molecule has 0 radical (unpaired) electrons. The van der Waals surface area contributed by atoms with Crippen molar-refractivity contribution < 1.29 is 14.3 Å². The van der Waals surface area contributed by atoms with E-state index >= 15 is 0 Å². The number of ether oxygens (including phenoxy) is 1. The summed E-state index contributed by atoms with van der Waals surface area (Å²) in [5.74, 6) is 0.949. The van der Waals surface area contributed by atoms with Gasteiger partial charge in [0.05, 0.1) is 0 Å². The number of carbonyl (C=O) groups excluding carboxylic acids is 2. The summed E-state index contributed by atoms with van der Waals surface area (Å²) < 4.78 is 5.21. The fraction of sp³-hybridized carbons (Fsp3) is 0.625. The minimum Gasteiger partial charge on any atom is -0.444 e. The van der Waals surface area contributed by atoms with E-state index in [1.54, 1.807) is 7.05 Å². The Morgan fingerprint density at radius 1 is 1.06 bits per heavy atom. The van der Waals surface area contributed by atoms with Crippen LogP contribution in [0, 0.1) is 5.92 Å². The molecule has 1 aliphatic rings. The highest BCUT2D eigenvalue weighted by molar-refractivity contribution is 14.0. The number of guanidine groups is 1. The van der Waals surface area contributed by atoms with E-state index in [0.29, 0.717) is 25.6 Å². The third-order valence-electron chi connectivity index (χ3n) is 5.17. The molecule has 0 unspecified atom stereocenters. The smallest absolute Gasteiger partial charge is 0.407 e. The first kappa shape index (κ1) is 29.0. The molecule has 186 valence electrons. The van der Waals surface area contributed by atoms with E-state index in [2.05, 4.69) is 26.3 Å². The number of nitrogens with one attached hydrogen (secondary N) is 4. The van der Waals surface area contributed by atoms with Gasteiger partial charge < -0.3 is 26.0 Å². The second-order valence-corrected chi connectivity index (χ2v) is 9.16. The summed E-state index contributed by atoms with van der Waals surface area (Å²) in [4.78, 5) is 28.4. The molecule has 1 aromatic carbocycles. The molecule has 9 heteroatoms. The van der Waals surface area contributed by atoms with Gasteiger partial charge in [0.1, 0.15) is 5.60 Å². The summed E-state index contributed by atoms with van der Waals surface area (Å²) >= 11 is 0. The number of alkyl carbamates (subject to hydrolysis) is 1. The molecule has 2 amide bonds. The fourth-order valence-electron chi connectivity index (χ4n) is 3.57. The Labute approximate surface area is 215 Å². The molecule has 0 bridgehead atoms. The van der Waals surface area contributed by atoms with Crippen LogP contribution in [-0.2, 0) is 16.1 Å². The third-order valence-corrected chi connectivity index (χ3v) is 5.17. The van der Waals surface area contributed by atoms with Gasteiger partial charge in [0.25, 0.3) is 0 Å². The van der Waals surface area contributed by atoms with Gasteiger partial charge in [0.2, 0.25) is 5.91 Å². The summed E-state index contributed by atoms with van der Waals surface area (Å²) in [7, 11) is 1.72. The maximum absolute atomic E-state index is 12.5. The van der Waals surface area contributed by atoms with Crippen molar-refractivity contribution in [1.29, 1.82) is 0 Å². The summed E-state index contributed by atoms with van der Waals surface area (Å²) in [5.41, 5.74) is 1.39. The average Bonchev–Trinajstić information content (AvgIpc) is 2.75. The molecule has 0 spiro atoms. The molecule has 1 fully saturated rings. The Morgan fingerprint density at radius 2 is 1.76 bits per heavy atom. The maximum atomic E-state index is 12.5. The minimum absolute atomic E-state index is 0. The van der Waals surface area contributed by atoms with E-state index in [-0.39, 0.29) is 35.8 Å². The van der Waals surface area contributed by atoms with Crippen molar-refractivity contribution in [3.05, 3.63) is 29.8 Å². The molecule has 0 saturated heterocycles. The van der Waals surface area contributed by atoms with Crippen LogP contribution in [0.3, 0.4) is 0 Å². The van der Waals surface area contributed by atoms with Crippen molar-refractivity contribution in [3.8, 4) is 0 Å². The highest BCUT2D eigenvalue weighted by atomic mass is 127. The van der Waals surface area contributed by atoms with Gasteiger partial charge >= 0.3 is 6.09 Å². The van der Waals surface area contributed by atoms with Gasteiger partial charge in [0, 0.05) is 38.3 Å². The Morgan fingerprint density at radius 3 is 2.42 bits per heavy atom. The number of benzene rings is 1. The maximum Gasteiger partial charge on any atom is 0.407 e. The molecule has 0 heterocycles. The van der Waals surface area contributed by atoms with Crippen molar-refractivity contribution >= 4 is 47.6 Å². The van der Waals surface area contributed by atoms with Gasteiger partial charge in [-0.1, -0.05) is 31.4 Å². The van der Waals surface area contributed by atoms with Crippen LogP contribution in [-0.4, -0.2) is 43.7 Å². The SMILES string of the molecule is CN=C(NCCCNC(=O)OC(C)(C)C)NCc1cccc(NC(=O)C2CCCCC2)c1.I. The van der Waals surface area contributed by atoms with Crippen LogP contribution in [0.5, 0.6) is 0 Å². The molecular weight excluding hydrogens is 533 g/mol. The largest absolute Gasteiger partial charge is 0.444 e. The van der Waals surface area contributed by atoms with Gasteiger partial charge in [-0.2, -0.15) is 0 Å². The standard InChI is InChI=1S/C24H39N5O3.HI/c1-24(2,3)32-23(31)27-15-9-14-26-22(25-4)28-17-18-10-8-13-20(16-18)29-21(30)19-11-6-5-7-12-19;/h8,10,13,16,19H,5-7,9,11-12,14-15,17H2,1-4H3,(H,27,31)(H,29,30)(H2,25,26,28);1H. The first-order valence-corrected chi connectivity index (χ1v) is 11.6. The molecule has 33 heavy (non-hydrogen) atoms. The van der Waals surface area contributed by atoms with Crippen LogP contribution in [0.1, 0.15) is 64.9 Å². The molecule has 0 atom stereocenters. The van der Waals surface area contributed by atoms with Crippen LogP contribution in [0.25, 0.3) is 0 Å². The molecule has 1 aromatic rings. The number of halogens is 1. The highest BCUT2D eigenvalue weighted by Gasteiger charge is 2.21. The third kappa shape index (κ3) is 12.1. The first-order chi connectivity index (χ1) is 15.3. The number of aliphatic imine (C=N–C) groups is 1. The second kappa shape index (κ2) is 15.0. The Kier molecular flexibility index (Phi) is 13.2. The van der Waals surface area contributed by atoms with E-state index in [1.165, 1.54) is 6.42 Å². The average molecular weight is 574 g/mol. The number of hydrogen-bond acceptors (Lipinski definition) is 4. The van der Waals surface area contributed by atoms with Crippen molar-refractivity contribution in [2.75, 3.05) is 25.5 Å². The summed E-state index contributed by atoms with van der Waals surface area (Å²) in [6.45, 7) is 7.27. The number of anilines is 1. The predicted molar refractivity (Wildman–Crippen MR) is 144 cm³/mol. The summed E-state index contributed by atoms with van der Waals surface area (Å²) in [5, 5.41) is 12.3. The van der Waals surface area contributed by atoms with E-state index in [1.807, 2.05) is 45.0 Å². The lowest BCUT2D eigenvalue weighted by Crippen LogP contribution is -2.39. The topological polar surface area (TPSA) is 104 Å². The Balaban J connectivity index is 0.00000544. The van der Waals surface area contributed by atoms with E-state index in [0.717, 1.165) is 43.4 Å². The van der Waals surface area contributed by atoms with Crippen LogP contribution in [0.2, 0.25) is 0 Å². The van der Waals surface area contributed by atoms with Crippen LogP contribution in [0.15, 0.2) is 29.3 Å². The van der Waals surface area contributed by atoms with Crippen molar-refractivity contribution in [2.45, 2.75) is 71.4 Å².